The highest BCUT2D eigenvalue weighted by Gasteiger charge is 2.16. The molecule has 2 aromatic heterocycles. The average Bonchev–Trinajstić information content (AvgIpc) is 3.22. The maximum Gasteiger partial charge on any atom is 0.266 e. The highest BCUT2D eigenvalue weighted by molar-refractivity contribution is 7.99. The van der Waals surface area contributed by atoms with Gasteiger partial charge in [-0.05, 0) is 42.1 Å². The molecular weight excluding hydrogens is 376 g/mol. The van der Waals surface area contributed by atoms with Crippen LogP contribution in [0.25, 0.3) is 16.6 Å². The second kappa shape index (κ2) is 7.50. The van der Waals surface area contributed by atoms with Gasteiger partial charge in [0, 0.05) is 0 Å². The molecule has 0 N–H and O–H groups in total. The molecule has 27 heavy (non-hydrogen) atoms. The van der Waals surface area contributed by atoms with Crippen LogP contribution in [0.5, 0.6) is 0 Å². The molecule has 134 valence electrons. The van der Waals surface area contributed by atoms with Gasteiger partial charge in [-0.1, -0.05) is 48.2 Å². The standard InChI is InChI=1S/C21H16N2O2S2/c1-14-7-2-5-10-17(14)23-20(25)15-8-3-4-9-16(15)22-21(23)27-13-18(24)19-11-6-12-26-19/h2-12H,13H2,1H3. The van der Waals surface area contributed by atoms with Crippen LogP contribution in [0.2, 0.25) is 0 Å². The van der Waals surface area contributed by atoms with Crippen LogP contribution >= 0.6 is 23.1 Å². The number of para-hydroxylation sites is 2. The van der Waals surface area contributed by atoms with Crippen LogP contribution in [0.15, 0.2) is 76.0 Å². The van der Waals surface area contributed by atoms with E-state index in [9.17, 15) is 9.59 Å². The molecule has 0 atom stereocenters. The lowest BCUT2D eigenvalue weighted by atomic mass is 10.2. The Morgan fingerprint density at radius 1 is 1.07 bits per heavy atom. The molecule has 0 aliphatic rings. The van der Waals surface area contributed by atoms with Gasteiger partial charge in [0.05, 0.1) is 27.2 Å². The molecule has 0 amide bonds. The molecule has 4 nitrogen and oxygen atoms in total. The molecule has 0 radical (unpaired) electrons. The number of fused-ring (bicyclic) bond motifs is 1. The number of Topliss-reactive ketones (excluding diaryl/α,β-unsaturated/α-hetero) is 1. The second-order valence-corrected chi connectivity index (χ2v) is 7.92. The fraction of sp³-hybridized carbons (Fsp3) is 0.0952. The minimum absolute atomic E-state index is 0.0359. The van der Waals surface area contributed by atoms with Crippen LogP contribution in [0.4, 0.5) is 0 Å². The fourth-order valence-corrected chi connectivity index (χ4v) is 4.52. The van der Waals surface area contributed by atoms with E-state index < -0.39 is 0 Å². The molecule has 0 aliphatic carbocycles. The second-order valence-electron chi connectivity index (χ2n) is 6.03. The minimum Gasteiger partial charge on any atom is -0.292 e. The van der Waals surface area contributed by atoms with E-state index in [1.165, 1.54) is 23.1 Å². The van der Waals surface area contributed by atoms with Crippen molar-refractivity contribution in [2.45, 2.75) is 12.1 Å². The number of rotatable bonds is 5. The van der Waals surface area contributed by atoms with Crippen LogP contribution in [-0.2, 0) is 0 Å². The van der Waals surface area contributed by atoms with Crippen LogP contribution in [0.3, 0.4) is 0 Å². The number of carbonyl (C=O) groups is 1. The summed E-state index contributed by atoms with van der Waals surface area (Å²) in [6, 6.07) is 18.7. The first-order valence-electron chi connectivity index (χ1n) is 8.42. The third-order valence-electron chi connectivity index (χ3n) is 4.23. The summed E-state index contributed by atoms with van der Waals surface area (Å²) in [4.78, 5) is 31.0. The molecule has 0 saturated carbocycles. The van der Waals surface area contributed by atoms with Crippen molar-refractivity contribution in [2.75, 3.05) is 5.75 Å². The number of nitrogens with zero attached hydrogens (tertiary/aromatic N) is 2. The summed E-state index contributed by atoms with van der Waals surface area (Å²) >= 11 is 2.72. The SMILES string of the molecule is Cc1ccccc1-n1c(SCC(=O)c2cccs2)nc2ccccc2c1=O. The van der Waals surface area contributed by atoms with Crippen molar-refractivity contribution in [3.05, 3.63) is 86.8 Å². The van der Waals surface area contributed by atoms with E-state index in [2.05, 4.69) is 4.98 Å². The average molecular weight is 393 g/mol. The van der Waals surface area contributed by atoms with Gasteiger partial charge in [0.15, 0.2) is 10.9 Å². The van der Waals surface area contributed by atoms with Crippen molar-refractivity contribution in [2.24, 2.45) is 0 Å². The van der Waals surface area contributed by atoms with Gasteiger partial charge in [-0.3, -0.25) is 14.2 Å². The number of hydrogen-bond acceptors (Lipinski definition) is 5. The van der Waals surface area contributed by atoms with Crippen molar-refractivity contribution in [3.8, 4) is 5.69 Å². The summed E-state index contributed by atoms with van der Waals surface area (Å²) in [5.41, 5.74) is 2.27. The summed E-state index contributed by atoms with van der Waals surface area (Å²) in [6.07, 6.45) is 0. The molecule has 0 bridgehead atoms. The summed E-state index contributed by atoms with van der Waals surface area (Å²) in [6.45, 7) is 1.96. The van der Waals surface area contributed by atoms with Gasteiger partial charge >= 0.3 is 0 Å². The maximum atomic E-state index is 13.2. The summed E-state index contributed by atoms with van der Waals surface area (Å²) in [5, 5.41) is 2.97. The summed E-state index contributed by atoms with van der Waals surface area (Å²) < 4.78 is 1.62. The first kappa shape index (κ1) is 17.7. The topological polar surface area (TPSA) is 52.0 Å². The number of aryl methyl sites for hydroxylation is 1. The monoisotopic (exact) mass is 392 g/mol. The molecule has 6 heteroatoms. The van der Waals surface area contributed by atoms with E-state index in [0.717, 1.165) is 11.3 Å². The van der Waals surface area contributed by atoms with Gasteiger partial charge in [0.2, 0.25) is 0 Å². The van der Waals surface area contributed by atoms with Gasteiger partial charge in [-0.15, -0.1) is 11.3 Å². The van der Waals surface area contributed by atoms with Crippen molar-refractivity contribution in [1.29, 1.82) is 0 Å². The molecular formula is C21H16N2O2S2. The number of benzene rings is 2. The van der Waals surface area contributed by atoms with Gasteiger partial charge in [-0.25, -0.2) is 4.98 Å². The van der Waals surface area contributed by atoms with Crippen LogP contribution in [-0.4, -0.2) is 21.1 Å². The number of thiophene rings is 1. The normalized spacial score (nSPS) is 11.0. The van der Waals surface area contributed by atoms with Crippen LogP contribution < -0.4 is 5.56 Å². The first-order chi connectivity index (χ1) is 13.1. The van der Waals surface area contributed by atoms with Crippen molar-refractivity contribution >= 4 is 39.8 Å². The summed E-state index contributed by atoms with van der Waals surface area (Å²) in [7, 11) is 0. The van der Waals surface area contributed by atoms with Crippen LogP contribution in [0, 0.1) is 6.92 Å². The zero-order valence-electron chi connectivity index (χ0n) is 14.6. The maximum absolute atomic E-state index is 13.2. The number of aromatic nitrogens is 2. The number of carbonyl (C=O) groups excluding carboxylic acids is 1. The smallest absolute Gasteiger partial charge is 0.266 e. The molecule has 0 saturated heterocycles. The number of hydrogen-bond donors (Lipinski definition) is 0. The molecule has 0 spiro atoms. The van der Waals surface area contributed by atoms with E-state index in [1.54, 1.807) is 10.6 Å². The predicted octanol–water partition coefficient (Wildman–Crippen LogP) is 4.73. The largest absolute Gasteiger partial charge is 0.292 e. The lowest BCUT2D eigenvalue weighted by Gasteiger charge is -2.14. The molecule has 4 aromatic rings. The van der Waals surface area contributed by atoms with Gasteiger partial charge < -0.3 is 0 Å². The van der Waals surface area contributed by atoms with Gasteiger partial charge in [0.25, 0.3) is 5.56 Å². The lowest BCUT2D eigenvalue weighted by molar-refractivity contribution is 0.102. The molecule has 0 unspecified atom stereocenters. The Kier molecular flexibility index (Phi) is 4.92. The van der Waals surface area contributed by atoms with Crippen molar-refractivity contribution < 1.29 is 4.79 Å². The first-order valence-corrected chi connectivity index (χ1v) is 10.3. The Labute approximate surface area is 164 Å². The molecule has 4 rings (SSSR count). The Bertz CT molecular complexity index is 1180. The zero-order chi connectivity index (χ0) is 18.8. The predicted molar refractivity (Wildman–Crippen MR) is 111 cm³/mol. The van der Waals surface area contributed by atoms with E-state index >= 15 is 0 Å². The molecule has 2 aromatic carbocycles. The molecule has 0 fully saturated rings. The highest BCUT2D eigenvalue weighted by atomic mass is 32.2. The van der Waals surface area contributed by atoms with Crippen LogP contribution in [0.1, 0.15) is 15.2 Å². The third kappa shape index (κ3) is 3.46. The lowest BCUT2D eigenvalue weighted by Crippen LogP contribution is -2.22. The Morgan fingerprint density at radius 3 is 2.63 bits per heavy atom. The quantitative estimate of drug-likeness (QED) is 0.280. The van der Waals surface area contributed by atoms with E-state index in [-0.39, 0.29) is 17.1 Å². The van der Waals surface area contributed by atoms with E-state index in [1.807, 2.05) is 66.9 Å². The van der Waals surface area contributed by atoms with E-state index in [4.69, 9.17) is 0 Å². The molecule has 2 heterocycles. The highest BCUT2D eigenvalue weighted by Crippen LogP contribution is 2.24. The Hall–Kier alpha value is -2.70. The number of ketones is 1. The summed E-state index contributed by atoms with van der Waals surface area (Å²) in [5.74, 6) is 0.269. The van der Waals surface area contributed by atoms with E-state index in [0.29, 0.717) is 20.9 Å². The third-order valence-corrected chi connectivity index (χ3v) is 6.08. The zero-order valence-corrected chi connectivity index (χ0v) is 16.2. The van der Waals surface area contributed by atoms with Gasteiger partial charge in [-0.2, -0.15) is 0 Å². The van der Waals surface area contributed by atoms with Gasteiger partial charge in [0.1, 0.15) is 0 Å². The Balaban J connectivity index is 1.83. The number of thioether (sulfide) groups is 1. The minimum atomic E-state index is -0.124. The fourth-order valence-electron chi connectivity index (χ4n) is 2.87. The van der Waals surface area contributed by atoms with Crippen molar-refractivity contribution in [3.63, 3.8) is 0 Å². The molecule has 0 aliphatic heterocycles. The van der Waals surface area contributed by atoms with Crippen molar-refractivity contribution in [1.82, 2.24) is 9.55 Å². The Morgan fingerprint density at radius 2 is 1.85 bits per heavy atom.